The van der Waals surface area contributed by atoms with Gasteiger partial charge in [0.25, 0.3) is 0 Å². The second-order valence-corrected chi connectivity index (χ2v) is 6.53. The summed E-state index contributed by atoms with van der Waals surface area (Å²) in [5.74, 6) is 0. The molecule has 0 radical (unpaired) electrons. The van der Waals surface area contributed by atoms with Crippen LogP contribution >= 0.6 is 23.2 Å². The molecule has 2 aromatic rings. The van der Waals surface area contributed by atoms with E-state index in [4.69, 9.17) is 23.2 Å². The van der Waals surface area contributed by atoms with Crippen molar-refractivity contribution in [3.8, 4) is 0 Å². The monoisotopic (exact) mass is 319 g/mol. The van der Waals surface area contributed by atoms with Gasteiger partial charge >= 0.3 is 0 Å². The van der Waals surface area contributed by atoms with Crippen LogP contribution in [0.15, 0.2) is 36.4 Å². The van der Waals surface area contributed by atoms with Crippen molar-refractivity contribution >= 4 is 28.9 Å². The van der Waals surface area contributed by atoms with Gasteiger partial charge in [0.1, 0.15) is 0 Å². The Bertz CT molecular complexity index is 652. The third-order valence-corrected chi connectivity index (χ3v) is 4.77. The van der Waals surface area contributed by atoms with Crippen LogP contribution in [-0.4, -0.2) is 0 Å². The number of aryl methyl sites for hydroxylation is 1. The quantitative estimate of drug-likeness (QED) is 0.726. The molecule has 2 aromatic carbocycles. The molecule has 0 spiro atoms. The summed E-state index contributed by atoms with van der Waals surface area (Å²) in [6.07, 6.45) is 4.93. The van der Waals surface area contributed by atoms with Crippen LogP contribution in [0.5, 0.6) is 0 Å². The molecule has 3 heteroatoms. The fourth-order valence-electron chi connectivity index (χ4n) is 3.07. The highest BCUT2D eigenvalue weighted by Crippen LogP contribution is 2.32. The fourth-order valence-corrected chi connectivity index (χ4v) is 3.54. The molecule has 21 heavy (non-hydrogen) atoms. The SMILES string of the molecule is CC(Nc1cccc2c1CCCC2)c1cc(Cl)ccc1Cl. The molecular formula is C18H19Cl2N. The predicted molar refractivity (Wildman–Crippen MR) is 91.6 cm³/mol. The van der Waals surface area contributed by atoms with Crippen molar-refractivity contribution in [3.05, 3.63) is 63.1 Å². The highest BCUT2D eigenvalue weighted by atomic mass is 35.5. The van der Waals surface area contributed by atoms with Gasteiger partial charge in [-0.3, -0.25) is 0 Å². The Labute approximate surface area is 136 Å². The minimum absolute atomic E-state index is 0.129. The highest BCUT2D eigenvalue weighted by molar-refractivity contribution is 6.33. The van der Waals surface area contributed by atoms with Gasteiger partial charge in [-0.15, -0.1) is 0 Å². The summed E-state index contributed by atoms with van der Waals surface area (Å²) in [6, 6.07) is 12.3. The van der Waals surface area contributed by atoms with Crippen LogP contribution in [0.4, 0.5) is 5.69 Å². The first-order valence-electron chi connectivity index (χ1n) is 7.47. The van der Waals surface area contributed by atoms with Crippen molar-refractivity contribution in [2.75, 3.05) is 5.32 Å². The largest absolute Gasteiger partial charge is 0.378 e. The zero-order chi connectivity index (χ0) is 14.8. The molecule has 1 aliphatic rings. The lowest BCUT2D eigenvalue weighted by atomic mass is 9.90. The van der Waals surface area contributed by atoms with Crippen LogP contribution in [0.2, 0.25) is 10.0 Å². The average molecular weight is 320 g/mol. The summed E-state index contributed by atoms with van der Waals surface area (Å²) in [5, 5.41) is 5.09. The number of hydrogen-bond acceptors (Lipinski definition) is 1. The first-order chi connectivity index (χ1) is 10.1. The lowest BCUT2D eigenvalue weighted by Gasteiger charge is -2.23. The molecule has 0 amide bonds. The lowest BCUT2D eigenvalue weighted by molar-refractivity contribution is 0.685. The van der Waals surface area contributed by atoms with E-state index in [-0.39, 0.29) is 6.04 Å². The van der Waals surface area contributed by atoms with E-state index in [1.54, 1.807) is 0 Å². The number of hydrogen-bond donors (Lipinski definition) is 1. The molecule has 0 fully saturated rings. The van der Waals surface area contributed by atoms with Crippen LogP contribution in [0.25, 0.3) is 0 Å². The Morgan fingerprint density at radius 2 is 1.86 bits per heavy atom. The van der Waals surface area contributed by atoms with Crippen LogP contribution in [0, 0.1) is 0 Å². The zero-order valence-electron chi connectivity index (χ0n) is 12.1. The summed E-state index contributed by atoms with van der Waals surface area (Å²) in [7, 11) is 0. The van der Waals surface area contributed by atoms with Crippen LogP contribution in [-0.2, 0) is 12.8 Å². The van der Waals surface area contributed by atoms with Crippen molar-refractivity contribution in [2.45, 2.75) is 38.6 Å². The van der Waals surface area contributed by atoms with Gasteiger partial charge in [-0.25, -0.2) is 0 Å². The number of rotatable bonds is 3. The molecule has 0 heterocycles. The van der Waals surface area contributed by atoms with Crippen molar-refractivity contribution < 1.29 is 0 Å². The van der Waals surface area contributed by atoms with Crippen LogP contribution < -0.4 is 5.32 Å². The van der Waals surface area contributed by atoms with Crippen molar-refractivity contribution in [1.82, 2.24) is 0 Å². The molecule has 1 N–H and O–H groups in total. The third-order valence-electron chi connectivity index (χ3n) is 4.19. The van der Waals surface area contributed by atoms with E-state index in [0.717, 1.165) is 22.0 Å². The Hall–Kier alpha value is -1.18. The Balaban J connectivity index is 1.88. The van der Waals surface area contributed by atoms with Crippen LogP contribution in [0.3, 0.4) is 0 Å². The van der Waals surface area contributed by atoms with E-state index in [0.29, 0.717) is 0 Å². The predicted octanol–water partition coefficient (Wildman–Crippen LogP) is 6.05. The average Bonchev–Trinajstić information content (AvgIpc) is 2.50. The molecule has 0 saturated heterocycles. The third kappa shape index (κ3) is 3.20. The minimum Gasteiger partial charge on any atom is -0.378 e. The first-order valence-corrected chi connectivity index (χ1v) is 8.23. The lowest BCUT2D eigenvalue weighted by Crippen LogP contribution is -2.12. The topological polar surface area (TPSA) is 12.0 Å². The van der Waals surface area contributed by atoms with Gasteiger partial charge in [0.05, 0.1) is 6.04 Å². The van der Waals surface area contributed by atoms with Gasteiger partial charge in [-0.1, -0.05) is 35.3 Å². The fraction of sp³-hybridized carbons (Fsp3) is 0.333. The molecule has 0 bridgehead atoms. The highest BCUT2D eigenvalue weighted by Gasteiger charge is 2.16. The molecule has 110 valence electrons. The molecule has 1 nitrogen and oxygen atoms in total. The minimum atomic E-state index is 0.129. The number of nitrogens with one attached hydrogen (secondary N) is 1. The molecule has 1 aliphatic carbocycles. The van der Waals surface area contributed by atoms with Gasteiger partial charge in [0.2, 0.25) is 0 Å². The maximum Gasteiger partial charge on any atom is 0.0501 e. The molecular weight excluding hydrogens is 301 g/mol. The number of benzene rings is 2. The number of fused-ring (bicyclic) bond motifs is 1. The van der Waals surface area contributed by atoms with Gasteiger partial charge in [-0.2, -0.15) is 0 Å². The summed E-state index contributed by atoms with van der Waals surface area (Å²) >= 11 is 12.4. The normalized spacial score (nSPS) is 15.4. The van der Waals surface area contributed by atoms with E-state index in [2.05, 4.69) is 30.4 Å². The Morgan fingerprint density at radius 3 is 2.71 bits per heavy atom. The van der Waals surface area contributed by atoms with Gasteiger partial charge in [-0.05, 0) is 73.6 Å². The second-order valence-electron chi connectivity index (χ2n) is 5.68. The van der Waals surface area contributed by atoms with Crippen molar-refractivity contribution in [1.29, 1.82) is 0 Å². The van der Waals surface area contributed by atoms with Crippen molar-refractivity contribution in [3.63, 3.8) is 0 Å². The maximum absolute atomic E-state index is 6.30. The summed E-state index contributed by atoms with van der Waals surface area (Å²) < 4.78 is 0. The molecule has 0 aromatic heterocycles. The van der Waals surface area contributed by atoms with E-state index in [1.165, 1.54) is 36.1 Å². The van der Waals surface area contributed by atoms with Gasteiger partial charge in [0, 0.05) is 15.7 Å². The Kier molecular flexibility index (Phi) is 4.42. The molecule has 0 aliphatic heterocycles. The molecule has 1 unspecified atom stereocenters. The number of anilines is 1. The second kappa shape index (κ2) is 6.29. The molecule has 3 rings (SSSR count). The van der Waals surface area contributed by atoms with E-state index in [1.807, 2.05) is 18.2 Å². The number of halogens is 2. The summed E-state index contributed by atoms with van der Waals surface area (Å²) in [4.78, 5) is 0. The summed E-state index contributed by atoms with van der Waals surface area (Å²) in [5.41, 5.74) is 5.22. The van der Waals surface area contributed by atoms with E-state index in [9.17, 15) is 0 Å². The van der Waals surface area contributed by atoms with E-state index >= 15 is 0 Å². The summed E-state index contributed by atoms with van der Waals surface area (Å²) in [6.45, 7) is 2.12. The Morgan fingerprint density at radius 1 is 1.05 bits per heavy atom. The zero-order valence-corrected chi connectivity index (χ0v) is 13.6. The van der Waals surface area contributed by atoms with Crippen LogP contribution in [0.1, 0.15) is 42.5 Å². The maximum atomic E-state index is 6.30. The first kappa shape index (κ1) is 14.7. The van der Waals surface area contributed by atoms with E-state index < -0.39 is 0 Å². The standard InChI is InChI=1S/C18H19Cl2N/c1-12(16-11-14(19)9-10-17(16)20)21-18-8-4-6-13-5-2-3-7-15(13)18/h4,6,8-12,21H,2-3,5,7H2,1H3. The van der Waals surface area contributed by atoms with Crippen molar-refractivity contribution in [2.24, 2.45) is 0 Å². The molecule has 1 atom stereocenters. The van der Waals surface area contributed by atoms with Gasteiger partial charge in [0.15, 0.2) is 0 Å². The smallest absolute Gasteiger partial charge is 0.0501 e. The van der Waals surface area contributed by atoms with Gasteiger partial charge < -0.3 is 5.32 Å². The molecule has 0 saturated carbocycles.